The number of hydrogen-bond donors (Lipinski definition) is 2. The van der Waals surface area contributed by atoms with Crippen LogP contribution in [0.1, 0.15) is 37.7 Å². The van der Waals surface area contributed by atoms with Crippen LogP contribution in [0.25, 0.3) is 0 Å². The van der Waals surface area contributed by atoms with Gasteiger partial charge < -0.3 is 10.6 Å². The van der Waals surface area contributed by atoms with Gasteiger partial charge in [-0.1, -0.05) is 56.0 Å². The van der Waals surface area contributed by atoms with E-state index in [1.807, 2.05) is 18.2 Å². The number of amides is 2. The minimum Gasteiger partial charge on any atom is -0.338 e. The fourth-order valence-electron chi connectivity index (χ4n) is 2.72. The summed E-state index contributed by atoms with van der Waals surface area (Å²) in [6.45, 7) is 1.50. The smallest absolute Gasteiger partial charge is 0.314 e. The fraction of sp³-hybridized carbons (Fsp3) is 0.562. The molecule has 1 aromatic carbocycles. The standard InChI is InChI=1S/C16H24N2O/c19-16(18-13-11-15-8-4-5-9-15)17-12-10-14-6-2-1-3-7-14/h1-3,6-7,15H,4-5,8-13H2,(H2,17,18,19). The molecule has 0 aromatic heterocycles. The van der Waals surface area contributed by atoms with Gasteiger partial charge >= 0.3 is 6.03 Å². The van der Waals surface area contributed by atoms with Crippen molar-refractivity contribution in [1.29, 1.82) is 0 Å². The van der Waals surface area contributed by atoms with E-state index < -0.39 is 0 Å². The lowest BCUT2D eigenvalue weighted by Crippen LogP contribution is -2.37. The summed E-state index contributed by atoms with van der Waals surface area (Å²) in [7, 11) is 0. The van der Waals surface area contributed by atoms with Gasteiger partial charge in [0.15, 0.2) is 0 Å². The van der Waals surface area contributed by atoms with E-state index in [-0.39, 0.29) is 6.03 Å². The molecule has 19 heavy (non-hydrogen) atoms. The van der Waals surface area contributed by atoms with Crippen LogP contribution >= 0.6 is 0 Å². The van der Waals surface area contributed by atoms with E-state index in [2.05, 4.69) is 22.8 Å². The molecule has 1 fully saturated rings. The summed E-state index contributed by atoms with van der Waals surface area (Å²) < 4.78 is 0. The highest BCUT2D eigenvalue weighted by atomic mass is 16.2. The van der Waals surface area contributed by atoms with Crippen molar-refractivity contribution in [1.82, 2.24) is 10.6 Å². The molecule has 3 nitrogen and oxygen atoms in total. The predicted octanol–water partition coefficient (Wildman–Crippen LogP) is 3.11. The molecule has 0 atom stereocenters. The lowest BCUT2D eigenvalue weighted by Gasteiger charge is -2.10. The molecule has 1 aliphatic rings. The Kier molecular flexibility index (Phi) is 5.73. The summed E-state index contributed by atoms with van der Waals surface area (Å²) in [5, 5.41) is 5.85. The minimum absolute atomic E-state index is 0.0334. The summed E-state index contributed by atoms with van der Waals surface area (Å²) in [5.74, 6) is 0.838. The van der Waals surface area contributed by atoms with Crippen LogP contribution in [0, 0.1) is 5.92 Å². The fourth-order valence-corrected chi connectivity index (χ4v) is 2.72. The topological polar surface area (TPSA) is 41.1 Å². The van der Waals surface area contributed by atoms with Crippen LogP contribution in [-0.2, 0) is 6.42 Å². The van der Waals surface area contributed by atoms with E-state index in [4.69, 9.17) is 0 Å². The van der Waals surface area contributed by atoms with Crippen LogP contribution < -0.4 is 10.6 Å². The van der Waals surface area contributed by atoms with Crippen molar-refractivity contribution in [2.75, 3.05) is 13.1 Å². The third kappa shape index (κ3) is 5.33. The van der Waals surface area contributed by atoms with Crippen molar-refractivity contribution in [3.05, 3.63) is 35.9 Å². The molecule has 2 N–H and O–H groups in total. The Morgan fingerprint density at radius 1 is 1.05 bits per heavy atom. The van der Waals surface area contributed by atoms with Crippen molar-refractivity contribution in [2.24, 2.45) is 5.92 Å². The third-order valence-corrected chi connectivity index (χ3v) is 3.85. The van der Waals surface area contributed by atoms with Gasteiger partial charge in [-0.3, -0.25) is 0 Å². The van der Waals surface area contributed by atoms with Crippen molar-refractivity contribution in [3.8, 4) is 0 Å². The van der Waals surface area contributed by atoms with Crippen LogP contribution in [0.2, 0.25) is 0 Å². The second kappa shape index (κ2) is 7.82. The Morgan fingerprint density at radius 2 is 1.74 bits per heavy atom. The molecule has 0 aliphatic heterocycles. The van der Waals surface area contributed by atoms with E-state index in [0.29, 0.717) is 6.54 Å². The van der Waals surface area contributed by atoms with E-state index in [1.165, 1.54) is 31.2 Å². The Labute approximate surface area is 115 Å². The average Bonchev–Trinajstić information content (AvgIpc) is 2.93. The molecular formula is C16H24N2O. The monoisotopic (exact) mass is 260 g/mol. The van der Waals surface area contributed by atoms with Crippen molar-refractivity contribution in [2.45, 2.75) is 38.5 Å². The normalized spacial score (nSPS) is 15.4. The Balaban J connectivity index is 1.52. The zero-order valence-electron chi connectivity index (χ0n) is 11.5. The highest BCUT2D eigenvalue weighted by Crippen LogP contribution is 2.26. The highest BCUT2D eigenvalue weighted by molar-refractivity contribution is 5.73. The zero-order chi connectivity index (χ0) is 13.3. The predicted molar refractivity (Wildman–Crippen MR) is 78.1 cm³/mol. The third-order valence-electron chi connectivity index (χ3n) is 3.85. The molecule has 2 rings (SSSR count). The Bertz CT molecular complexity index is 372. The van der Waals surface area contributed by atoms with Gasteiger partial charge in [0.05, 0.1) is 0 Å². The summed E-state index contributed by atoms with van der Waals surface area (Å²) in [6, 6.07) is 10.2. The molecule has 2 amide bonds. The van der Waals surface area contributed by atoms with Crippen molar-refractivity contribution < 1.29 is 4.79 Å². The van der Waals surface area contributed by atoms with E-state index in [0.717, 1.165) is 25.3 Å². The molecule has 1 saturated carbocycles. The van der Waals surface area contributed by atoms with Crippen LogP contribution in [0.4, 0.5) is 4.79 Å². The summed E-state index contributed by atoms with van der Waals surface area (Å²) in [5.41, 5.74) is 1.26. The first kappa shape index (κ1) is 13.9. The van der Waals surface area contributed by atoms with Crippen LogP contribution in [0.5, 0.6) is 0 Å². The molecule has 0 radical (unpaired) electrons. The molecule has 0 unspecified atom stereocenters. The molecule has 3 heteroatoms. The number of benzene rings is 1. The van der Waals surface area contributed by atoms with Gasteiger partial charge in [-0.2, -0.15) is 0 Å². The lowest BCUT2D eigenvalue weighted by atomic mass is 10.0. The van der Waals surface area contributed by atoms with E-state index in [1.54, 1.807) is 0 Å². The molecule has 0 bridgehead atoms. The number of urea groups is 1. The van der Waals surface area contributed by atoms with Gasteiger partial charge in [0.2, 0.25) is 0 Å². The summed E-state index contributed by atoms with van der Waals surface area (Å²) in [6.07, 6.45) is 7.44. The van der Waals surface area contributed by atoms with Gasteiger partial charge in [-0.05, 0) is 24.3 Å². The van der Waals surface area contributed by atoms with Crippen LogP contribution in [0.3, 0.4) is 0 Å². The zero-order valence-corrected chi connectivity index (χ0v) is 11.5. The van der Waals surface area contributed by atoms with Gasteiger partial charge in [0, 0.05) is 13.1 Å². The van der Waals surface area contributed by atoms with Gasteiger partial charge in [-0.15, -0.1) is 0 Å². The summed E-state index contributed by atoms with van der Waals surface area (Å²) in [4.78, 5) is 11.6. The first-order valence-electron chi connectivity index (χ1n) is 7.40. The molecule has 1 aliphatic carbocycles. The van der Waals surface area contributed by atoms with Gasteiger partial charge in [0.25, 0.3) is 0 Å². The highest BCUT2D eigenvalue weighted by Gasteiger charge is 2.14. The second-order valence-corrected chi connectivity index (χ2v) is 5.36. The Hall–Kier alpha value is -1.51. The van der Waals surface area contributed by atoms with Crippen LogP contribution in [-0.4, -0.2) is 19.1 Å². The minimum atomic E-state index is -0.0334. The second-order valence-electron chi connectivity index (χ2n) is 5.36. The quantitative estimate of drug-likeness (QED) is 0.810. The Morgan fingerprint density at radius 3 is 2.47 bits per heavy atom. The number of nitrogens with one attached hydrogen (secondary N) is 2. The average molecular weight is 260 g/mol. The van der Waals surface area contributed by atoms with Crippen molar-refractivity contribution >= 4 is 6.03 Å². The summed E-state index contributed by atoms with van der Waals surface area (Å²) >= 11 is 0. The molecule has 0 spiro atoms. The maximum Gasteiger partial charge on any atom is 0.314 e. The first-order chi connectivity index (χ1) is 9.34. The lowest BCUT2D eigenvalue weighted by molar-refractivity contribution is 0.240. The molecule has 0 saturated heterocycles. The van der Waals surface area contributed by atoms with E-state index >= 15 is 0 Å². The molecular weight excluding hydrogens is 236 g/mol. The molecule has 104 valence electrons. The number of hydrogen-bond acceptors (Lipinski definition) is 1. The van der Waals surface area contributed by atoms with Crippen molar-refractivity contribution in [3.63, 3.8) is 0 Å². The maximum absolute atomic E-state index is 11.6. The number of carbonyl (C=O) groups excluding carboxylic acids is 1. The van der Waals surface area contributed by atoms with Crippen LogP contribution in [0.15, 0.2) is 30.3 Å². The van der Waals surface area contributed by atoms with E-state index in [9.17, 15) is 4.79 Å². The first-order valence-corrected chi connectivity index (χ1v) is 7.40. The van der Waals surface area contributed by atoms with Gasteiger partial charge in [-0.25, -0.2) is 4.79 Å². The number of rotatable bonds is 6. The molecule has 0 heterocycles. The maximum atomic E-state index is 11.6. The van der Waals surface area contributed by atoms with Gasteiger partial charge in [0.1, 0.15) is 0 Å². The largest absolute Gasteiger partial charge is 0.338 e. The molecule has 1 aromatic rings. The number of carbonyl (C=O) groups is 1. The SMILES string of the molecule is O=C(NCCc1ccccc1)NCCC1CCCC1.